The molecule has 7 heteroatoms. The third-order valence-corrected chi connectivity index (χ3v) is 4.99. The van der Waals surface area contributed by atoms with Crippen LogP contribution in [0, 0.1) is 0 Å². The van der Waals surface area contributed by atoms with Gasteiger partial charge in [-0.05, 0) is 37.0 Å². The van der Waals surface area contributed by atoms with Crippen molar-refractivity contribution >= 4 is 32.4 Å². The van der Waals surface area contributed by atoms with Gasteiger partial charge < -0.3 is 20.4 Å². The molecule has 1 heterocycles. The van der Waals surface area contributed by atoms with Gasteiger partial charge >= 0.3 is 6.09 Å². The number of nitrogens with zero attached hydrogens (tertiary/aromatic N) is 1. The normalized spacial score (nSPS) is 14.4. The summed E-state index contributed by atoms with van der Waals surface area (Å²) in [5, 5.41) is 20.5. The minimum atomic E-state index is -0.873. The molecule has 1 aromatic carbocycles. The zero-order chi connectivity index (χ0) is 17.5. The first-order valence-corrected chi connectivity index (χ1v) is 8.67. The van der Waals surface area contributed by atoms with Crippen LogP contribution >= 0.6 is 15.9 Å². The first-order valence-electron chi connectivity index (χ1n) is 7.88. The van der Waals surface area contributed by atoms with Crippen LogP contribution in [0.15, 0.2) is 29.8 Å². The minimum absolute atomic E-state index is 0.0546. The Morgan fingerprint density at radius 2 is 1.71 bits per heavy atom. The number of benzene rings is 1. The van der Waals surface area contributed by atoms with Gasteiger partial charge in [0.15, 0.2) is 0 Å². The van der Waals surface area contributed by atoms with Gasteiger partial charge in [0.1, 0.15) is 0 Å². The molecule has 1 aliphatic rings. The molecule has 0 saturated carbocycles. The van der Waals surface area contributed by atoms with Gasteiger partial charge in [-0.3, -0.25) is 4.79 Å². The summed E-state index contributed by atoms with van der Waals surface area (Å²) in [6, 6.07) is 7.28. The highest BCUT2D eigenvalue weighted by Crippen LogP contribution is 2.31. The van der Waals surface area contributed by atoms with E-state index in [1.807, 2.05) is 12.1 Å². The van der Waals surface area contributed by atoms with Crippen molar-refractivity contribution in [3.8, 4) is 0 Å². The van der Waals surface area contributed by atoms with Crippen LogP contribution in [-0.4, -0.2) is 53.4 Å². The molecule has 24 heavy (non-hydrogen) atoms. The number of amides is 2. The average molecular weight is 397 g/mol. The summed E-state index contributed by atoms with van der Waals surface area (Å²) in [6.07, 6.45) is 1.07. The number of hydrogen-bond acceptors (Lipinski definition) is 3. The second kappa shape index (κ2) is 8.84. The Kier molecular flexibility index (Phi) is 6.81. The minimum Gasteiger partial charge on any atom is -0.465 e. The maximum atomic E-state index is 11.9. The number of halogens is 1. The van der Waals surface area contributed by atoms with Gasteiger partial charge in [0, 0.05) is 36.3 Å². The van der Waals surface area contributed by atoms with E-state index < -0.39 is 6.09 Å². The van der Waals surface area contributed by atoms with Crippen molar-refractivity contribution in [2.24, 2.45) is 0 Å². The summed E-state index contributed by atoms with van der Waals surface area (Å²) in [4.78, 5) is 24.3. The van der Waals surface area contributed by atoms with Crippen molar-refractivity contribution in [1.82, 2.24) is 10.2 Å². The summed E-state index contributed by atoms with van der Waals surface area (Å²) in [5.74, 6) is -0.159. The second-order valence-corrected chi connectivity index (χ2v) is 6.39. The largest absolute Gasteiger partial charge is 0.465 e. The van der Waals surface area contributed by atoms with Gasteiger partial charge in [0.25, 0.3) is 5.91 Å². The summed E-state index contributed by atoms with van der Waals surface area (Å²) in [5.41, 5.74) is 2.73. The van der Waals surface area contributed by atoms with Crippen molar-refractivity contribution in [3.63, 3.8) is 0 Å². The standard InChI is InChI=1S/C17H21BrN2O4/c18-15(13-6-9-20(10-7-13)17(23)24)12-2-4-14(5-3-12)16(22)19-8-1-11-21/h2-5,21H,1,6-11H2,(H,19,22)(H,23,24). The molecule has 6 nitrogen and oxygen atoms in total. The fraction of sp³-hybridized carbons (Fsp3) is 0.412. The lowest BCUT2D eigenvalue weighted by Crippen LogP contribution is -2.35. The van der Waals surface area contributed by atoms with Crippen molar-refractivity contribution in [2.75, 3.05) is 26.2 Å². The van der Waals surface area contributed by atoms with E-state index in [2.05, 4.69) is 21.2 Å². The Morgan fingerprint density at radius 3 is 2.25 bits per heavy atom. The number of likely N-dealkylation sites (tertiary alicyclic amines) is 1. The Bertz CT molecular complexity index is 618. The molecule has 1 saturated heterocycles. The molecule has 2 rings (SSSR count). The Balaban J connectivity index is 2.01. The maximum Gasteiger partial charge on any atom is 0.407 e. The number of carbonyl (C=O) groups is 2. The third-order valence-electron chi connectivity index (χ3n) is 3.97. The molecule has 0 radical (unpaired) electrons. The average Bonchev–Trinajstić information content (AvgIpc) is 2.61. The third kappa shape index (κ3) is 4.82. The molecule has 1 fully saturated rings. The van der Waals surface area contributed by atoms with Gasteiger partial charge in [0.2, 0.25) is 0 Å². The highest BCUT2D eigenvalue weighted by atomic mass is 79.9. The van der Waals surface area contributed by atoms with Crippen molar-refractivity contribution in [3.05, 3.63) is 41.0 Å². The molecule has 0 unspecified atom stereocenters. The molecular formula is C17H21BrN2O4. The number of rotatable bonds is 5. The molecule has 0 bridgehead atoms. The summed E-state index contributed by atoms with van der Waals surface area (Å²) in [7, 11) is 0. The number of piperidine rings is 1. The van der Waals surface area contributed by atoms with E-state index >= 15 is 0 Å². The molecule has 1 aliphatic heterocycles. The van der Waals surface area contributed by atoms with Crippen LogP contribution in [0.5, 0.6) is 0 Å². The quantitative estimate of drug-likeness (QED) is 0.667. The van der Waals surface area contributed by atoms with Crippen LogP contribution in [0.2, 0.25) is 0 Å². The van der Waals surface area contributed by atoms with Gasteiger partial charge in [-0.2, -0.15) is 0 Å². The fourth-order valence-electron chi connectivity index (χ4n) is 2.54. The fourth-order valence-corrected chi connectivity index (χ4v) is 3.20. The van der Waals surface area contributed by atoms with Gasteiger partial charge in [-0.1, -0.05) is 33.6 Å². The van der Waals surface area contributed by atoms with Crippen LogP contribution in [0.1, 0.15) is 35.2 Å². The lowest BCUT2D eigenvalue weighted by Gasteiger charge is -2.26. The molecule has 0 aliphatic carbocycles. The monoisotopic (exact) mass is 396 g/mol. The number of nitrogens with one attached hydrogen (secondary N) is 1. The highest BCUT2D eigenvalue weighted by molar-refractivity contribution is 9.15. The van der Waals surface area contributed by atoms with E-state index in [0.717, 1.165) is 10.0 Å². The molecule has 3 N–H and O–H groups in total. The van der Waals surface area contributed by atoms with Crippen molar-refractivity contribution in [1.29, 1.82) is 0 Å². The number of hydrogen-bond donors (Lipinski definition) is 3. The van der Waals surface area contributed by atoms with E-state index in [4.69, 9.17) is 10.2 Å². The molecule has 1 aromatic rings. The van der Waals surface area contributed by atoms with Crippen LogP contribution in [-0.2, 0) is 0 Å². The predicted octanol–water partition coefficient (Wildman–Crippen LogP) is 2.68. The summed E-state index contributed by atoms with van der Waals surface area (Å²) < 4.78 is 0.972. The molecule has 2 amide bonds. The van der Waals surface area contributed by atoms with Crippen molar-refractivity contribution in [2.45, 2.75) is 19.3 Å². The molecule has 0 atom stereocenters. The lowest BCUT2D eigenvalue weighted by molar-refractivity contribution is 0.0951. The van der Waals surface area contributed by atoms with E-state index in [1.165, 1.54) is 10.5 Å². The Morgan fingerprint density at radius 1 is 1.12 bits per heavy atom. The topological polar surface area (TPSA) is 89.9 Å². The molecule has 0 aromatic heterocycles. The first-order chi connectivity index (χ1) is 11.5. The zero-order valence-electron chi connectivity index (χ0n) is 13.3. The molecule has 130 valence electrons. The SMILES string of the molecule is O=C(NCCCO)c1ccc(C(Br)=C2CCN(C(=O)O)CC2)cc1. The van der Waals surface area contributed by atoms with E-state index in [9.17, 15) is 9.59 Å². The predicted molar refractivity (Wildman–Crippen MR) is 95.2 cm³/mol. The number of aliphatic hydroxyl groups is 1. The van der Waals surface area contributed by atoms with Gasteiger partial charge in [-0.15, -0.1) is 0 Å². The van der Waals surface area contributed by atoms with Gasteiger partial charge in [-0.25, -0.2) is 4.79 Å². The second-order valence-electron chi connectivity index (χ2n) is 5.60. The number of carbonyl (C=O) groups excluding carboxylic acids is 1. The van der Waals surface area contributed by atoms with E-state index in [1.54, 1.807) is 12.1 Å². The molecule has 0 spiro atoms. The summed E-state index contributed by atoms with van der Waals surface area (Å²) in [6.45, 7) is 1.51. The van der Waals surface area contributed by atoms with Crippen LogP contribution in [0.4, 0.5) is 4.79 Å². The Hall–Kier alpha value is -1.86. The van der Waals surface area contributed by atoms with Crippen LogP contribution in [0.25, 0.3) is 4.48 Å². The van der Waals surface area contributed by atoms with Crippen LogP contribution in [0.3, 0.4) is 0 Å². The lowest BCUT2D eigenvalue weighted by atomic mass is 10.0. The summed E-state index contributed by atoms with van der Waals surface area (Å²) >= 11 is 3.60. The van der Waals surface area contributed by atoms with E-state index in [0.29, 0.717) is 44.5 Å². The maximum absolute atomic E-state index is 11.9. The van der Waals surface area contributed by atoms with Gasteiger partial charge in [0.05, 0.1) is 0 Å². The molecular weight excluding hydrogens is 376 g/mol. The van der Waals surface area contributed by atoms with Crippen LogP contribution < -0.4 is 5.32 Å². The van der Waals surface area contributed by atoms with Crippen molar-refractivity contribution < 1.29 is 19.8 Å². The van der Waals surface area contributed by atoms with E-state index in [-0.39, 0.29) is 12.5 Å². The number of carboxylic acid groups (broad SMARTS) is 1. The zero-order valence-corrected chi connectivity index (χ0v) is 14.9. The Labute approximate surface area is 149 Å². The first kappa shape index (κ1) is 18.5. The number of aliphatic hydroxyl groups excluding tert-OH is 1. The smallest absolute Gasteiger partial charge is 0.407 e. The highest BCUT2D eigenvalue weighted by Gasteiger charge is 2.20.